The highest BCUT2D eigenvalue weighted by Gasteiger charge is 2.29. The van der Waals surface area contributed by atoms with Crippen LogP contribution in [0.15, 0.2) is 24.3 Å². The second kappa shape index (κ2) is 5.53. The zero-order valence-electron chi connectivity index (χ0n) is 11.2. The van der Waals surface area contributed by atoms with Gasteiger partial charge in [0.05, 0.1) is 11.6 Å². The van der Waals surface area contributed by atoms with Crippen LogP contribution in [0.2, 0.25) is 0 Å². The van der Waals surface area contributed by atoms with Crippen LogP contribution in [-0.2, 0) is 4.79 Å². The van der Waals surface area contributed by atoms with Crippen molar-refractivity contribution in [3.8, 4) is 6.07 Å². The molecule has 0 atom stereocenters. The van der Waals surface area contributed by atoms with E-state index in [0.29, 0.717) is 11.1 Å². The Morgan fingerprint density at radius 1 is 1.26 bits per heavy atom. The molecule has 0 radical (unpaired) electrons. The topological polar surface area (TPSA) is 81.4 Å². The Bertz CT molecular complexity index is 521. The number of aliphatic carboxylic acids is 1. The predicted molar refractivity (Wildman–Crippen MR) is 69.6 cm³/mol. The van der Waals surface area contributed by atoms with Gasteiger partial charge in [-0.3, -0.25) is 9.59 Å². The number of hydrogen-bond donors (Lipinski definition) is 1. The predicted octanol–water partition coefficient (Wildman–Crippen LogP) is 1.88. The average molecular weight is 260 g/mol. The smallest absolute Gasteiger partial charge is 0.323 e. The van der Waals surface area contributed by atoms with Crippen LogP contribution < -0.4 is 0 Å². The number of rotatable bonds is 3. The zero-order chi connectivity index (χ0) is 14.6. The van der Waals surface area contributed by atoms with Crippen LogP contribution in [0.25, 0.3) is 0 Å². The molecule has 19 heavy (non-hydrogen) atoms. The van der Waals surface area contributed by atoms with E-state index in [0.717, 1.165) is 0 Å². The van der Waals surface area contributed by atoms with Gasteiger partial charge < -0.3 is 10.0 Å². The highest BCUT2D eigenvalue weighted by Crippen LogP contribution is 2.17. The summed E-state index contributed by atoms with van der Waals surface area (Å²) in [5.74, 6) is -1.42. The molecule has 1 aromatic rings. The number of nitriles is 1. The maximum absolute atomic E-state index is 12.3. The van der Waals surface area contributed by atoms with Crippen molar-refractivity contribution in [1.29, 1.82) is 5.26 Å². The molecule has 0 bridgehead atoms. The number of carbonyl (C=O) groups excluding carboxylic acids is 1. The van der Waals surface area contributed by atoms with Gasteiger partial charge in [0.1, 0.15) is 6.54 Å². The molecule has 1 rings (SSSR count). The fourth-order valence-electron chi connectivity index (χ4n) is 1.59. The standard InChI is InChI=1S/C14H16N2O3/c1-14(2,3)16(9-12(17)18)13(19)11-6-4-10(8-15)5-7-11/h4-7H,9H2,1-3H3,(H,17,18). The summed E-state index contributed by atoms with van der Waals surface area (Å²) >= 11 is 0. The van der Waals surface area contributed by atoms with E-state index in [1.807, 2.05) is 6.07 Å². The summed E-state index contributed by atoms with van der Waals surface area (Å²) < 4.78 is 0. The van der Waals surface area contributed by atoms with Crippen LogP contribution in [0.4, 0.5) is 0 Å². The van der Waals surface area contributed by atoms with Crippen LogP contribution in [0.5, 0.6) is 0 Å². The molecule has 1 aromatic carbocycles. The third-order valence-corrected chi connectivity index (χ3v) is 2.61. The summed E-state index contributed by atoms with van der Waals surface area (Å²) in [6.07, 6.45) is 0. The van der Waals surface area contributed by atoms with Crippen LogP contribution in [0, 0.1) is 11.3 Å². The van der Waals surface area contributed by atoms with Gasteiger partial charge in [-0.2, -0.15) is 5.26 Å². The van der Waals surface area contributed by atoms with Crippen molar-refractivity contribution in [2.75, 3.05) is 6.54 Å². The number of nitrogens with zero attached hydrogens (tertiary/aromatic N) is 2. The van der Waals surface area contributed by atoms with E-state index in [1.54, 1.807) is 20.8 Å². The Kier molecular flexibility index (Phi) is 4.28. The number of carboxylic acids is 1. The van der Waals surface area contributed by atoms with Crippen LogP contribution >= 0.6 is 0 Å². The summed E-state index contributed by atoms with van der Waals surface area (Å²) in [6, 6.07) is 8.10. The van der Waals surface area contributed by atoms with Gasteiger partial charge in [-0.1, -0.05) is 0 Å². The Morgan fingerprint density at radius 2 is 1.79 bits per heavy atom. The van der Waals surface area contributed by atoms with Crippen molar-refractivity contribution < 1.29 is 14.7 Å². The average Bonchev–Trinajstić information content (AvgIpc) is 2.34. The van der Waals surface area contributed by atoms with Crippen molar-refractivity contribution in [2.45, 2.75) is 26.3 Å². The summed E-state index contributed by atoms with van der Waals surface area (Å²) in [7, 11) is 0. The van der Waals surface area contributed by atoms with E-state index in [2.05, 4.69) is 0 Å². The summed E-state index contributed by atoms with van der Waals surface area (Å²) in [5.41, 5.74) is 0.232. The Labute approximate surface area is 112 Å². The SMILES string of the molecule is CC(C)(C)N(CC(=O)O)C(=O)c1ccc(C#N)cc1. The van der Waals surface area contributed by atoms with Crippen molar-refractivity contribution in [2.24, 2.45) is 0 Å². The number of carbonyl (C=O) groups is 2. The summed E-state index contributed by atoms with van der Waals surface area (Å²) in [4.78, 5) is 24.5. The van der Waals surface area contributed by atoms with Gasteiger partial charge >= 0.3 is 5.97 Å². The molecule has 1 amide bonds. The minimum Gasteiger partial charge on any atom is -0.480 e. The molecule has 0 unspecified atom stereocenters. The molecule has 100 valence electrons. The third-order valence-electron chi connectivity index (χ3n) is 2.61. The van der Waals surface area contributed by atoms with Gasteiger partial charge in [0.25, 0.3) is 5.91 Å². The fourth-order valence-corrected chi connectivity index (χ4v) is 1.59. The molecule has 0 aromatic heterocycles. The molecule has 0 aliphatic heterocycles. The van der Waals surface area contributed by atoms with E-state index < -0.39 is 11.5 Å². The van der Waals surface area contributed by atoms with E-state index in [4.69, 9.17) is 10.4 Å². The molecule has 5 heteroatoms. The van der Waals surface area contributed by atoms with Gasteiger partial charge in [-0.05, 0) is 45.0 Å². The van der Waals surface area contributed by atoms with E-state index in [9.17, 15) is 9.59 Å². The molecule has 0 aliphatic rings. The third kappa shape index (κ3) is 3.81. The minimum absolute atomic E-state index is 0.359. The van der Waals surface area contributed by atoms with Crippen molar-refractivity contribution in [1.82, 2.24) is 4.90 Å². The summed E-state index contributed by atoms with van der Waals surface area (Å²) in [5, 5.41) is 17.6. The van der Waals surface area contributed by atoms with Crippen molar-refractivity contribution in [3.63, 3.8) is 0 Å². The zero-order valence-corrected chi connectivity index (χ0v) is 11.2. The van der Waals surface area contributed by atoms with Gasteiger partial charge in [0.2, 0.25) is 0 Å². The quantitative estimate of drug-likeness (QED) is 0.899. The Morgan fingerprint density at radius 3 is 2.16 bits per heavy atom. The van der Waals surface area contributed by atoms with Crippen LogP contribution in [0.1, 0.15) is 36.7 Å². The number of amides is 1. The molecule has 0 heterocycles. The molecule has 0 spiro atoms. The lowest BCUT2D eigenvalue weighted by molar-refractivity contribution is -0.138. The molecular weight excluding hydrogens is 244 g/mol. The lowest BCUT2D eigenvalue weighted by Crippen LogP contribution is -2.48. The lowest BCUT2D eigenvalue weighted by Gasteiger charge is -2.34. The first-order valence-corrected chi connectivity index (χ1v) is 5.79. The molecule has 0 fully saturated rings. The normalized spacial score (nSPS) is 10.6. The molecule has 5 nitrogen and oxygen atoms in total. The molecule has 0 saturated carbocycles. The molecular formula is C14H16N2O3. The maximum atomic E-state index is 12.3. The van der Waals surface area contributed by atoms with E-state index in [-0.39, 0.29) is 12.5 Å². The highest BCUT2D eigenvalue weighted by molar-refractivity contribution is 5.96. The summed E-state index contributed by atoms with van der Waals surface area (Å²) in [6.45, 7) is 4.97. The monoisotopic (exact) mass is 260 g/mol. The van der Waals surface area contributed by atoms with Crippen molar-refractivity contribution in [3.05, 3.63) is 35.4 Å². The lowest BCUT2D eigenvalue weighted by atomic mass is 10.0. The van der Waals surface area contributed by atoms with E-state index >= 15 is 0 Å². The van der Waals surface area contributed by atoms with Gasteiger partial charge in [-0.15, -0.1) is 0 Å². The highest BCUT2D eigenvalue weighted by atomic mass is 16.4. The number of benzene rings is 1. The minimum atomic E-state index is -1.06. The number of hydrogen-bond acceptors (Lipinski definition) is 3. The van der Waals surface area contributed by atoms with Crippen LogP contribution in [0.3, 0.4) is 0 Å². The van der Waals surface area contributed by atoms with Gasteiger partial charge in [0, 0.05) is 11.1 Å². The van der Waals surface area contributed by atoms with Gasteiger partial charge in [-0.25, -0.2) is 0 Å². The first kappa shape index (κ1) is 14.7. The molecule has 1 N–H and O–H groups in total. The second-order valence-corrected chi connectivity index (χ2v) is 5.15. The van der Waals surface area contributed by atoms with Crippen molar-refractivity contribution >= 4 is 11.9 Å². The Hall–Kier alpha value is -2.35. The first-order chi connectivity index (χ1) is 8.75. The van der Waals surface area contributed by atoms with Gasteiger partial charge in [0.15, 0.2) is 0 Å². The maximum Gasteiger partial charge on any atom is 0.323 e. The second-order valence-electron chi connectivity index (χ2n) is 5.15. The van der Waals surface area contributed by atoms with Crippen LogP contribution in [-0.4, -0.2) is 34.0 Å². The first-order valence-electron chi connectivity index (χ1n) is 5.79. The largest absolute Gasteiger partial charge is 0.480 e. The Balaban J connectivity index is 3.05. The molecule has 0 aliphatic carbocycles. The fraction of sp³-hybridized carbons (Fsp3) is 0.357. The van der Waals surface area contributed by atoms with E-state index in [1.165, 1.54) is 29.2 Å². The number of carboxylic acid groups (broad SMARTS) is 1. The molecule has 0 saturated heterocycles.